The molecular weight excluding hydrogens is 404 g/mol. The molecule has 3 aromatic rings. The largest absolute Gasteiger partial charge is 0.497 e. The van der Waals surface area contributed by atoms with Crippen LogP contribution in [-0.2, 0) is 21.7 Å². The third-order valence-corrected chi connectivity index (χ3v) is 4.61. The molecule has 3 heteroatoms. The van der Waals surface area contributed by atoms with E-state index in [1.165, 1.54) is 0 Å². The molecule has 0 aliphatic heterocycles. The molecule has 0 bridgehead atoms. The summed E-state index contributed by atoms with van der Waals surface area (Å²) < 4.78 is 11.7. The Labute approximate surface area is 195 Å². The average molecular weight is 432 g/mol. The molecule has 3 rings (SSSR count). The summed E-state index contributed by atoms with van der Waals surface area (Å²) in [6.45, 7) is 6.62. The van der Waals surface area contributed by atoms with E-state index < -0.39 is 0 Å². The Kier molecular flexibility index (Phi) is 8.71. The van der Waals surface area contributed by atoms with Crippen LogP contribution in [0, 0.1) is 5.41 Å². The van der Waals surface area contributed by atoms with Crippen LogP contribution in [-0.4, -0.2) is 7.11 Å². The predicted octanol–water partition coefficient (Wildman–Crippen LogP) is 7.24. The third-order valence-electron chi connectivity index (χ3n) is 4.61. The van der Waals surface area contributed by atoms with Crippen molar-refractivity contribution in [2.45, 2.75) is 20.8 Å². The molecule has 0 unspecified atom stereocenters. The van der Waals surface area contributed by atoms with Gasteiger partial charge in [-0.25, -0.2) is 0 Å². The molecule has 0 fully saturated rings. The molecule has 30 heavy (non-hydrogen) atoms. The van der Waals surface area contributed by atoms with Gasteiger partial charge >= 0.3 is 0 Å². The second kappa shape index (κ2) is 11.0. The molecule has 0 spiro atoms. The first kappa shape index (κ1) is 23.7. The van der Waals surface area contributed by atoms with Crippen LogP contribution in [0.25, 0.3) is 11.8 Å². The van der Waals surface area contributed by atoms with Gasteiger partial charge in [0.2, 0.25) is 0 Å². The summed E-state index contributed by atoms with van der Waals surface area (Å²) in [4.78, 5) is 0. The molecule has 0 aromatic heterocycles. The average Bonchev–Trinajstić information content (AvgIpc) is 2.74. The maximum atomic E-state index is 6.42. The molecule has 2 nitrogen and oxygen atoms in total. The number of methoxy groups -OCH3 is 1. The van der Waals surface area contributed by atoms with E-state index in [1.54, 1.807) is 7.11 Å². The maximum Gasteiger partial charge on any atom is 0.138 e. The summed E-state index contributed by atoms with van der Waals surface area (Å²) in [7, 11) is 1.68. The molecule has 0 heterocycles. The standard InChI is InChI=1S/C27H28O2.Ti/c1-27(2,3)25(20-17-21-15-18-23(28-4)19-16-21)26(22-11-7-5-8-12-22)29-24-13-9-6-10-14-24;/h5-20H,1-4H3;. The van der Waals surface area contributed by atoms with Crippen molar-refractivity contribution in [1.82, 2.24) is 0 Å². The van der Waals surface area contributed by atoms with Crippen LogP contribution in [0.5, 0.6) is 11.5 Å². The summed E-state index contributed by atoms with van der Waals surface area (Å²) in [5.41, 5.74) is 3.19. The Bertz CT molecular complexity index is 967. The Morgan fingerprint density at radius 2 is 1.30 bits per heavy atom. The normalized spacial score (nSPS) is 12.1. The van der Waals surface area contributed by atoms with Crippen LogP contribution in [0.15, 0.2) is 96.6 Å². The van der Waals surface area contributed by atoms with E-state index in [0.29, 0.717) is 0 Å². The smallest absolute Gasteiger partial charge is 0.138 e. The molecule has 0 atom stereocenters. The van der Waals surface area contributed by atoms with E-state index in [2.05, 4.69) is 57.2 Å². The Hall–Kier alpha value is -2.55. The monoisotopic (exact) mass is 432 g/mol. The van der Waals surface area contributed by atoms with Crippen LogP contribution in [0.1, 0.15) is 31.9 Å². The molecule has 0 saturated heterocycles. The van der Waals surface area contributed by atoms with Crippen LogP contribution in [0.4, 0.5) is 0 Å². The van der Waals surface area contributed by atoms with Crippen molar-refractivity contribution in [3.05, 3.63) is 108 Å². The predicted molar refractivity (Wildman–Crippen MR) is 122 cm³/mol. The Morgan fingerprint density at radius 3 is 1.83 bits per heavy atom. The van der Waals surface area contributed by atoms with E-state index >= 15 is 0 Å². The number of benzene rings is 3. The van der Waals surface area contributed by atoms with Crippen molar-refractivity contribution in [2.75, 3.05) is 7.11 Å². The summed E-state index contributed by atoms with van der Waals surface area (Å²) in [6, 6.07) is 28.3. The zero-order chi connectivity index (χ0) is 20.7. The second-order valence-electron chi connectivity index (χ2n) is 7.88. The molecule has 0 radical (unpaired) electrons. The van der Waals surface area contributed by atoms with E-state index in [0.717, 1.165) is 34.0 Å². The van der Waals surface area contributed by atoms with Gasteiger partial charge in [0, 0.05) is 32.9 Å². The van der Waals surface area contributed by atoms with Crippen molar-refractivity contribution in [2.24, 2.45) is 5.41 Å². The van der Waals surface area contributed by atoms with E-state index in [1.807, 2.05) is 60.7 Å². The fraction of sp³-hybridized carbons (Fsp3) is 0.185. The zero-order valence-electron chi connectivity index (χ0n) is 18.1. The number of para-hydroxylation sites is 1. The van der Waals surface area contributed by atoms with Crippen molar-refractivity contribution >= 4 is 11.8 Å². The van der Waals surface area contributed by atoms with Gasteiger partial charge in [-0.3, -0.25) is 0 Å². The van der Waals surface area contributed by atoms with Crippen molar-refractivity contribution in [3.63, 3.8) is 0 Å². The van der Waals surface area contributed by atoms with Gasteiger partial charge in [-0.2, -0.15) is 0 Å². The van der Waals surface area contributed by atoms with Crippen LogP contribution >= 0.6 is 0 Å². The fourth-order valence-corrected chi connectivity index (χ4v) is 3.03. The summed E-state index contributed by atoms with van der Waals surface area (Å²) in [5, 5.41) is 0. The molecule has 3 aromatic carbocycles. The number of rotatable bonds is 6. The van der Waals surface area contributed by atoms with Crippen LogP contribution in [0.3, 0.4) is 0 Å². The molecular formula is C27H28O2Ti. The molecule has 0 amide bonds. The van der Waals surface area contributed by atoms with E-state index in [4.69, 9.17) is 9.47 Å². The minimum absolute atomic E-state index is 0. The van der Waals surface area contributed by atoms with Gasteiger partial charge in [0.25, 0.3) is 0 Å². The molecule has 152 valence electrons. The molecule has 0 aliphatic rings. The zero-order valence-corrected chi connectivity index (χ0v) is 19.6. The SMILES string of the molecule is COc1ccc(C=CC(=C(Oc2ccccc2)c2ccccc2)C(C)(C)C)cc1.[Ti]. The first-order chi connectivity index (χ1) is 14.0. The van der Waals surface area contributed by atoms with Crippen LogP contribution in [0.2, 0.25) is 0 Å². The molecule has 0 N–H and O–H groups in total. The van der Waals surface area contributed by atoms with E-state index in [9.17, 15) is 0 Å². The van der Waals surface area contributed by atoms with E-state index in [-0.39, 0.29) is 27.1 Å². The summed E-state index contributed by atoms with van der Waals surface area (Å²) in [6.07, 6.45) is 4.28. The summed E-state index contributed by atoms with van der Waals surface area (Å²) in [5.74, 6) is 2.55. The number of hydrogen-bond donors (Lipinski definition) is 0. The molecule has 0 aliphatic carbocycles. The quantitative estimate of drug-likeness (QED) is 0.232. The van der Waals surface area contributed by atoms with Crippen molar-refractivity contribution in [1.29, 1.82) is 0 Å². The van der Waals surface area contributed by atoms with Gasteiger partial charge in [-0.15, -0.1) is 0 Å². The fourth-order valence-electron chi connectivity index (χ4n) is 3.03. The number of ether oxygens (including phenoxy) is 2. The van der Waals surface area contributed by atoms with Crippen molar-refractivity contribution in [3.8, 4) is 11.5 Å². The van der Waals surface area contributed by atoms with Gasteiger partial charge in [-0.05, 0) is 35.2 Å². The number of allylic oxidation sites excluding steroid dienone is 2. The van der Waals surface area contributed by atoms with Gasteiger partial charge < -0.3 is 9.47 Å². The van der Waals surface area contributed by atoms with Gasteiger partial charge in [0.1, 0.15) is 17.3 Å². The third kappa shape index (κ3) is 6.48. The first-order valence-electron chi connectivity index (χ1n) is 9.82. The van der Waals surface area contributed by atoms with Crippen LogP contribution < -0.4 is 9.47 Å². The second-order valence-corrected chi connectivity index (χ2v) is 7.88. The van der Waals surface area contributed by atoms with Gasteiger partial charge in [0.15, 0.2) is 0 Å². The Balaban J connectivity index is 0.00000320. The topological polar surface area (TPSA) is 18.5 Å². The summed E-state index contributed by atoms with van der Waals surface area (Å²) >= 11 is 0. The maximum absolute atomic E-state index is 6.42. The molecule has 0 saturated carbocycles. The minimum atomic E-state index is -0.108. The van der Waals surface area contributed by atoms with Gasteiger partial charge in [-0.1, -0.05) is 93.6 Å². The van der Waals surface area contributed by atoms with Crippen molar-refractivity contribution < 1.29 is 31.2 Å². The number of hydrogen-bond acceptors (Lipinski definition) is 2. The minimum Gasteiger partial charge on any atom is -0.497 e. The van der Waals surface area contributed by atoms with Gasteiger partial charge in [0.05, 0.1) is 7.11 Å². The Morgan fingerprint density at radius 1 is 0.733 bits per heavy atom. The first-order valence-corrected chi connectivity index (χ1v) is 9.82.